The minimum absolute atomic E-state index is 0.0655. The summed E-state index contributed by atoms with van der Waals surface area (Å²) in [7, 11) is 0. The van der Waals surface area contributed by atoms with E-state index in [2.05, 4.69) is 5.32 Å². The molecule has 1 atom stereocenters. The van der Waals surface area contributed by atoms with Gasteiger partial charge >= 0.3 is 0 Å². The lowest BCUT2D eigenvalue weighted by molar-refractivity contribution is -0.121. The molecule has 0 aromatic heterocycles. The number of hydrogen-bond acceptors (Lipinski definition) is 6. The zero-order chi connectivity index (χ0) is 18.8. The first-order valence-electron chi connectivity index (χ1n) is 7.78. The number of phenols is 2. The van der Waals surface area contributed by atoms with Gasteiger partial charge in [0.05, 0.1) is 11.4 Å². The van der Waals surface area contributed by atoms with E-state index in [1.54, 1.807) is 12.1 Å². The Labute approximate surface area is 153 Å². The number of amides is 3. The first-order valence-corrected chi connectivity index (χ1v) is 8.66. The van der Waals surface area contributed by atoms with Crippen LogP contribution in [0.15, 0.2) is 42.5 Å². The number of imide groups is 1. The standard InChI is InChI=1S/C18H16N2O5S/c1-10-5-6-14(22)13(7-10)19-16(23)9-15-17(24)20(18(25)26-15)11-3-2-4-12(21)8-11/h2-8,15,21-22H,9H2,1H3,(H,19,23). The molecule has 2 aromatic rings. The summed E-state index contributed by atoms with van der Waals surface area (Å²) in [6, 6.07) is 10.6. The molecule has 0 spiro atoms. The number of nitrogens with zero attached hydrogens (tertiary/aromatic N) is 1. The van der Waals surface area contributed by atoms with E-state index in [4.69, 9.17) is 0 Å². The van der Waals surface area contributed by atoms with E-state index in [9.17, 15) is 24.6 Å². The maximum absolute atomic E-state index is 12.5. The monoisotopic (exact) mass is 372 g/mol. The normalized spacial score (nSPS) is 16.8. The minimum Gasteiger partial charge on any atom is -0.508 e. The number of hydrogen-bond donors (Lipinski definition) is 3. The number of thioether (sulfide) groups is 1. The number of aromatic hydroxyl groups is 2. The molecule has 7 nitrogen and oxygen atoms in total. The van der Waals surface area contributed by atoms with Crippen molar-refractivity contribution < 1.29 is 24.6 Å². The smallest absolute Gasteiger partial charge is 0.293 e. The molecule has 0 radical (unpaired) electrons. The maximum atomic E-state index is 12.5. The lowest BCUT2D eigenvalue weighted by Crippen LogP contribution is -2.32. The highest BCUT2D eigenvalue weighted by Gasteiger charge is 2.41. The molecule has 1 fully saturated rings. The molecule has 1 heterocycles. The van der Waals surface area contributed by atoms with Crippen LogP contribution in [0.5, 0.6) is 11.5 Å². The van der Waals surface area contributed by atoms with E-state index < -0.39 is 22.3 Å². The molecule has 1 aliphatic rings. The number of benzene rings is 2. The summed E-state index contributed by atoms with van der Waals surface area (Å²) >= 11 is 0.761. The Kier molecular flexibility index (Phi) is 4.85. The zero-order valence-electron chi connectivity index (χ0n) is 13.8. The van der Waals surface area contributed by atoms with Gasteiger partial charge < -0.3 is 15.5 Å². The van der Waals surface area contributed by atoms with Gasteiger partial charge in [0.15, 0.2) is 0 Å². The molecule has 0 aliphatic carbocycles. The van der Waals surface area contributed by atoms with Gasteiger partial charge in [0, 0.05) is 12.5 Å². The summed E-state index contributed by atoms with van der Waals surface area (Å²) in [6.45, 7) is 1.82. The van der Waals surface area contributed by atoms with Gasteiger partial charge in [0.2, 0.25) is 11.8 Å². The number of nitrogens with one attached hydrogen (secondary N) is 1. The van der Waals surface area contributed by atoms with Crippen molar-refractivity contribution in [1.29, 1.82) is 0 Å². The molecule has 26 heavy (non-hydrogen) atoms. The van der Waals surface area contributed by atoms with E-state index in [1.165, 1.54) is 30.3 Å². The van der Waals surface area contributed by atoms with E-state index in [0.717, 1.165) is 22.2 Å². The third kappa shape index (κ3) is 3.65. The van der Waals surface area contributed by atoms with Crippen LogP contribution in [0.25, 0.3) is 0 Å². The van der Waals surface area contributed by atoms with Gasteiger partial charge in [-0.25, -0.2) is 4.90 Å². The van der Waals surface area contributed by atoms with Gasteiger partial charge in [-0.15, -0.1) is 0 Å². The van der Waals surface area contributed by atoms with Gasteiger partial charge in [-0.3, -0.25) is 14.4 Å². The number of carbonyl (C=O) groups is 3. The first kappa shape index (κ1) is 17.8. The predicted molar refractivity (Wildman–Crippen MR) is 98.5 cm³/mol. The van der Waals surface area contributed by atoms with Crippen molar-refractivity contribution >= 4 is 40.2 Å². The summed E-state index contributed by atoms with van der Waals surface area (Å²) in [6.07, 6.45) is -0.210. The molecule has 0 bridgehead atoms. The molecule has 3 N–H and O–H groups in total. The van der Waals surface area contributed by atoms with Crippen molar-refractivity contribution in [2.45, 2.75) is 18.6 Å². The number of phenolic OH excluding ortho intramolecular Hbond substituents is 2. The average molecular weight is 372 g/mol. The summed E-state index contributed by atoms with van der Waals surface area (Å²) in [5, 5.41) is 20.5. The fourth-order valence-electron chi connectivity index (χ4n) is 2.57. The highest BCUT2D eigenvalue weighted by Crippen LogP contribution is 2.35. The van der Waals surface area contributed by atoms with Gasteiger partial charge in [-0.1, -0.05) is 12.1 Å². The molecule has 134 valence electrons. The van der Waals surface area contributed by atoms with Crippen LogP contribution in [0.2, 0.25) is 0 Å². The molecule has 0 saturated carbocycles. The average Bonchev–Trinajstić information content (AvgIpc) is 2.84. The largest absolute Gasteiger partial charge is 0.508 e. The summed E-state index contributed by atoms with van der Waals surface area (Å²) in [4.78, 5) is 37.8. The van der Waals surface area contributed by atoms with Crippen LogP contribution in [0, 0.1) is 6.92 Å². The fourth-order valence-corrected chi connectivity index (χ4v) is 3.56. The van der Waals surface area contributed by atoms with E-state index in [1.807, 2.05) is 6.92 Å². The number of anilines is 2. The highest BCUT2D eigenvalue weighted by atomic mass is 32.2. The molecule has 8 heteroatoms. The Bertz CT molecular complexity index is 899. The number of aryl methyl sites for hydroxylation is 1. The minimum atomic E-state index is -0.864. The van der Waals surface area contributed by atoms with Gasteiger partial charge in [0.1, 0.15) is 16.7 Å². The second-order valence-corrected chi connectivity index (χ2v) is 6.99. The molecular formula is C18H16N2O5S. The SMILES string of the molecule is Cc1ccc(O)c(NC(=O)CC2SC(=O)N(c3cccc(O)c3)C2=O)c1. The summed E-state index contributed by atoms with van der Waals surface area (Å²) in [5.41, 5.74) is 1.36. The fraction of sp³-hybridized carbons (Fsp3) is 0.167. The van der Waals surface area contributed by atoms with Crippen LogP contribution in [0.1, 0.15) is 12.0 Å². The lowest BCUT2D eigenvalue weighted by Gasteiger charge is -2.14. The number of rotatable bonds is 4. The van der Waals surface area contributed by atoms with Crippen molar-refractivity contribution in [1.82, 2.24) is 0 Å². The Morgan fingerprint density at radius 3 is 2.69 bits per heavy atom. The molecule has 3 amide bonds. The first-order chi connectivity index (χ1) is 12.3. The van der Waals surface area contributed by atoms with E-state index in [0.29, 0.717) is 0 Å². The Morgan fingerprint density at radius 2 is 1.96 bits per heavy atom. The predicted octanol–water partition coefficient (Wildman–Crippen LogP) is 3.00. The van der Waals surface area contributed by atoms with Crippen molar-refractivity contribution in [3.8, 4) is 11.5 Å². The van der Waals surface area contributed by atoms with Gasteiger partial charge in [0.25, 0.3) is 5.24 Å². The van der Waals surface area contributed by atoms with E-state index >= 15 is 0 Å². The van der Waals surface area contributed by atoms with Crippen molar-refractivity contribution in [2.75, 3.05) is 10.2 Å². The third-order valence-corrected chi connectivity index (χ3v) is 4.84. The molecule has 2 aromatic carbocycles. The zero-order valence-corrected chi connectivity index (χ0v) is 14.6. The number of carbonyl (C=O) groups excluding carboxylic acids is 3. The van der Waals surface area contributed by atoms with Crippen molar-refractivity contribution in [3.63, 3.8) is 0 Å². The molecule has 1 aliphatic heterocycles. The Morgan fingerprint density at radius 1 is 1.19 bits per heavy atom. The third-order valence-electron chi connectivity index (χ3n) is 3.81. The quantitative estimate of drug-likeness (QED) is 0.712. The summed E-state index contributed by atoms with van der Waals surface area (Å²) in [5.74, 6) is -1.15. The van der Waals surface area contributed by atoms with Crippen LogP contribution >= 0.6 is 11.8 Å². The maximum Gasteiger partial charge on any atom is 0.293 e. The molecule has 1 unspecified atom stereocenters. The lowest BCUT2D eigenvalue weighted by atomic mass is 10.2. The van der Waals surface area contributed by atoms with Crippen molar-refractivity contribution in [2.24, 2.45) is 0 Å². The van der Waals surface area contributed by atoms with Crippen LogP contribution < -0.4 is 10.2 Å². The molecule has 3 rings (SSSR count). The topological polar surface area (TPSA) is 107 Å². The Balaban J connectivity index is 1.71. The molecular weight excluding hydrogens is 356 g/mol. The van der Waals surface area contributed by atoms with Gasteiger partial charge in [-0.05, 0) is 48.5 Å². The van der Waals surface area contributed by atoms with Crippen LogP contribution in [0.4, 0.5) is 16.2 Å². The summed E-state index contributed by atoms with van der Waals surface area (Å²) < 4.78 is 0. The molecule has 1 saturated heterocycles. The van der Waals surface area contributed by atoms with Crippen LogP contribution in [-0.2, 0) is 9.59 Å². The second kappa shape index (κ2) is 7.09. The van der Waals surface area contributed by atoms with Crippen molar-refractivity contribution in [3.05, 3.63) is 48.0 Å². The van der Waals surface area contributed by atoms with Crippen LogP contribution in [-0.4, -0.2) is 32.5 Å². The second-order valence-electron chi connectivity index (χ2n) is 5.84. The van der Waals surface area contributed by atoms with Crippen LogP contribution in [0.3, 0.4) is 0 Å². The highest BCUT2D eigenvalue weighted by molar-refractivity contribution is 8.15. The van der Waals surface area contributed by atoms with E-state index in [-0.39, 0.29) is 29.3 Å². The Hall–Kier alpha value is -3.00. The van der Waals surface area contributed by atoms with Gasteiger partial charge in [-0.2, -0.15) is 0 Å².